The zero-order chi connectivity index (χ0) is 13.2. The molecular formula is C15H19FN2O. The predicted octanol–water partition coefficient (Wildman–Crippen LogP) is 3.02. The predicted molar refractivity (Wildman–Crippen MR) is 70.2 cm³/mol. The molecule has 0 unspecified atom stereocenters. The molecule has 2 aliphatic rings. The first kappa shape index (κ1) is 12.6. The highest BCUT2D eigenvalue weighted by molar-refractivity contribution is 5.94. The lowest BCUT2D eigenvalue weighted by Crippen LogP contribution is -2.49. The number of carbonyl (C=O) groups excluding carboxylic acids is 1. The standard InChI is InChI=1S/C15H19FN2O/c16-13-10-17-8-7-12(13)15(19)18-9-3-5-11-4-1-2-6-14(11)18/h7-8,10-11,14H,1-6,9H2/t11-,14-/m1/s1. The van der Waals surface area contributed by atoms with Crippen molar-refractivity contribution in [2.24, 2.45) is 5.92 Å². The fraction of sp³-hybridized carbons (Fsp3) is 0.600. The Morgan fingerprint density at radius 1 is 1.26 bits per heavy atom. The van der Waals surface area contributed by atoms with E-state index in [4.69, 9.17) is 0 Å². The number of likely N-dealkylation sites (tertiary alicyclic amines) is 1. The summed E-state index contributed by atoms with van der Waals surface area (Å²) < 4.78 is 13.7. The number of fused-ring (bicyclic) bond motifs is 1. The molecule has 2 heterocycles. The molecule has 2 fully saturated rings. The highest BCUT2D eigenvalue weighted by atomic mass is 19.1. The van der Waals surface area contributed by atoms with Crippen molar-refractivity contribution in [1.29, 1.82) is 0 Å². The van der Waals surface area contributed by atoms with Crippen molar-refractivity contribution in [3.63, 3.8) is 0 Å². The summed E-state index contributed by atoms with van der Waals surface area (Å²) in [4.78, 5) is 18.2. The lowest BCUT2D eigenvalue weighted by atomic mass is 9.78. The van der Waals surface area contributed by atoms with Gasteiger partial charge >= 0.3 is 0 Å². The maximum Gasteiger partial charge on any atom is 0.257 e. The van der Waals surface area contributed by atoms with Gasteiger partial charge in [0.2, 0.25) is 0 Å². The van der Waals surface area contributed by atoms with Gasteiger partial charge in [0.05, 0.1) is 11.8 Å². The first-order valence-electron chi connectivity index (χ1n) is 7.18. The Kier molecular flexibility index (Phi) is 3.49. The van der Waals surface area contributed by atoms with Crippen LogP contribution in [0.3, 0.4) is 0 Å². The maximum absolute atomic E-state index is 13.7. The Balaban J connectivity index is 1.84. The Morgan fingerprint density at radius 3 is 2.89 bits per heavy atom. The zero-order valence-corrected chi connectivity index (χ0v) is 11.0. The number of aromatic nitrogens is 1. The molecule has 3 nitrogen and oxygen atoms in total. The smallest absolute Gasteiger partial charge is 0.257 e. The minimum absolute atomic E-state index is 0.156. The Morgan fingerprint density at radius 2 is 2.05 bits per heavy atom. The van der Waals surface area contributed by atoms with Gasteiger partial charge in [-0.2, -0.15) is 0 Å². The van der Waals surface area contributed by atoms with Gasteiger partial charge in [0.1, 0.15) is 0 Å². The van der Waals surface area contributed by atoms with Crippen LogP contribution in [0.4, 0.5) is 4.39 Å². The van der Waals surface area contributed by atoms with Crippen molar-refractivity contribution in [3.05, 3.63) is 29.8 Å². The summed E-state index contributed by atoms with van der Waals surface area (Å²) in [6.45, 7) is 0.766. The SMILES string of the molecule is O=C(c1ccncc1F)N1CCC[C@H]2CCCC[C@H]21. The molecule has 1 saturated carbocycles. The van der Waals surface area contributed by atoms with E-state index in [0.717, 1.165) is 25.6 Å². The Hall–Kier alpha value is -1.45. The van der Waals surface area contributed by atoms with Crippen LogP contribution in [-0.2, 0) is 0 Å². The molecule has 0 radical (unpaired) electrons. The van der Waals surface area contributed by atoms with E-state index >= 15 is 0 Å². The van der Waals surface area contributed by atoms with Crippen molar-refractivity contribution in [2.75, 3.05) is 6.54 Å². The number of pyridine rings is 1. The highest BCUT2D eigenvalue weighted by Crippen LogP contribution is 2.36. The van der Waals surface area contributed by atoms with E-state index in [1.165, 1.54) is 37.9 Å². The number of hydrogen-bond acceptors (Lipinski definition) is 2. The van der Waals surface area contributed by atoms with Crippen LogP contribution >= 0.6 is 0 Å². The van der Waals surface area contributed by atoms with E-state index < -0.39 is 5.82 Å². The third kappa shape index (κ3) is 2.36. The van der Waals surface area contributed by atoms with Gasteiger partial charge in [-0.3, -0.25) is 9.78 Å². The van der Waals surface area contributed by atoms with Crippen molar-refractivity contribution >= 4 is 5.91 Å². The van der Waals surface area contributed by atoms with E-state index in [1.807, 2.05) is 4.90 Å². The lowest BCUT2D eigenvalue weighted by molar-refractivity contribution is 0.0386. The summed E-state index contributed by atoms with van der Waals surface area (Å²) in [6, 6.07) is 1.81. The molecule has 3 rings (SSSR count). The third-order valence-electron chi connectivity index (χ3n) is 4.51. The minimum atomic E-state index is -0.509. The molecule has 4 heteroatoms. The number of rotatable bonds is 1. The van der Waals surface area contributed by atoms with Gasteiger partial charge in [-0.25, -0.2) is 4.39 Å². The summed E-state index contributed by atoms with van der Waals surface area (Å²) in [5, 5.41) is 0. The monoisotopic (exact) mass is 262 g/mol. The molecule has 1 amide bonds. The number of halogens is 1. The second-order valence-electron chi connectivity index (χ2n) is 5.61. The van der Waals surface area contributed by atoms with Crippen LogP contribution < -0.4 is 0 Å². The normalized spacial score (nSPS) is 26.9. The van der Waals surface area contributed by atoms with E-state index in [2.05, 4.69) is 4.98 Å². The first-order chi connectivity index (χ1) is 9.27. The number of hydrogen-bond donors (Lipinski definition) is 0. The molecule has 1 aliphatic carbocycles. The van der Waals surface area contributed by atoms with Crippen LogP contribution in [0.5, 0.6) is 0 Å². The van der Waals surface area contributed by atoms with Crippen LogP contribution in [0.1, 0.15) is 48.9 Å². The molecule has 1 aromatic heterocycles. The summed E-state index contributed by atoms with van der Waals surface area (Å²) in [5.74, 6) is -0.0433. The molecule has 102 valence electrons. The van der Waals surface area contributed by atoms with Crippen LogP contribution in [0.15, 0.2) is 18.5 Å². The van der Waals surface area contributed by atoms with Crippen molar-refractivity contribution in [3.8, 4) is 0 Å². The average molecular weight is 262 g/mol. The van der Waals surface area contributed by atoms with Crippen LogP contribution in [0, 0.1) is 11.7 Å². The fourth-order valence-corrected chi connectivity index (χ4v) is 3.58. The van der Waals surface area contributed by atoms with Gasteiger partial charge in [0.15, 0.2) is 5.82 Å². The maximum atomic E-state index is 13.7. The average Bonchev–Trinajstić information content (AvgIpc) is 2.46. The van der Waals surface area contributed by atoms with E-state index in [9.17, 15) is 9.18 Å². The fourth-order valence-electron chi connectivity index (χ4n) is 3.58. The topological polar surface area (TPSA) is 33.2 Å². The van der Waals surface area contributed by atoms with E-state index in [0.29, 0.717) is 12.0 Å². The van der Waals surface area contributed by atoms with Crippen molar-refractivity contribution < 1.29 is 9.18 Å². The van der Waals surface area contributed by atoms with Gasteiger partial charge < -0.3 is 4.90 Å². The molecule has 2 atom stereocenters. The summed E-state index contributed by atoms with van der Waals surface area (Å²) in [7, 11) is 0. The molecular weight excluding hydrogens is 243 g/mol. The number of carbonyl (C=O) groups is 1. The lowest BCUT2D eigenvalue weighted by Gasteiger charge is -2.44. The van der Waals surface area contributed by atoms with Crippen LogP contribution in [-0.4, -0.2) is 28.4 Å². The van der Waals surface area contributed by atoms with E-state index in [1.54, 1.807) is 0 Å². The number of piperidine rings is 1. The Bertz CT molecular complexity index is 475. The summed E-state index contributed by atoms with van der Waals surface area (Å²) in [5.41, 5.74) is 0.168. The molecule has 1 saturated heterocycles. The highest BCUT2D eigenvalue weighted by Gasteiger charge is 2.36. The molecule has 0 N–H and O–H groups in total. The van der Waals surface area contributed by atoms with Crippen LogP contribution in [0.25, 0.3) is 0 Å². The van der Waals surface area contributed by atoms with Crippen molar-refractivity contribution in [2.45, 2.75) is 44.6 Å². The van der Waals surface area contributed by atoms with Gasteiger partial charge in [0, 0.05) is 18.8 Å². The van der Waals surface area contributed by atoms with Gasteiger partial charge in [-0.15, -0.1) is 0 Å². The third-order valence-corrected chi connectivity index (χ3v) is 4.51. The molecule has 1 aromatic rings. The zero-order valence-electron chi connectivity index (χ0n) is 11.0. The molecule has 1 aliphatic heterocycles. The van der Waals surface area contributed by atoms with Gasteiger partial charge in [-0.1, -0.05) is 12.8 Å². The minimum Gasteiger partial charge on any atom is -0.335 e. The number of nitrogens with zero attached hydrogens (tertiary/aromatic N) is 2. The first-order valence-corrected chi connectivity index (χ1v) is 7.18. The molecule has 19 heavy (non-hydrogen) atoms. The van der Waals surface area contributed by atoms with E-state index in [-0.39, 0.29) is 11.5 Å². The second-order valence-corrected chi connectivity index (χ2v) is 5.61. The van der Waals surface area contributed by atoms with Gasteiger partial charge in [-0.05, 0) is 37.7 Å². The second kappa shape index (κ2) is 5.27. The molecule has 0 bridgehead atoms. The number of amides is 1. The summed E-state index contributed by atoms with van der Waals surface area (Å²) in [6.07, 6.45) is 9.61. The van der Waals surface area contributed by atoms with Crippen molar-refractivity contribution in [1.82, 2.24) is 9.88 Å². The largest absolute Gasteiger partial charge is 0.335 e. The molecule has 0 spiro atoms. The van der Waals surface area contributed by atoms with Crippen LogP contribution in [0.2, 0.25) is 0 Å². The quantitative estimate of drug-likeness (QED) is 0.779. The Labute approximate surface area is 112 Å². The molecule has 0 aromatic carbocycles. The van der Waals surface area contributed by atoms with Gasteiger partial charge in [0.25, 0.3) is 5.91 Å². The summed E-state index contributed by atoms with van der Waals surface area (Å²) >= 11 is 0.